The molecule has 1 aliphatic heterocycles. The SMILES string of the molecule is C[C@@H]1CN(I)[C@H](C)CN1I. The summed E-state index contributed by atoms with van der Waals surface area (Å²) in [6, 6.07) is 1.40. The van der Waals surface area contributed by atoms with Gasteiger partial charge in [-0.05, 0) is 13.8 Å². The van der Waals surface area contributed by atoms with E-state index < -0.39 is 0 Å². The van der Waals surface area contributed by atoms with E-state index in [0.29, 0.717) is 12.1 Å². The molecule has 2 nitrogen and oxygen atoms in total. The van der Waals surface area contributed by atoms with E-state index in [2.05, 4.69) is 65.8 Å². The summed E-state index contributed by atoms with van der Waals surface area (Å²) in [5.74, 6) is 0. The summed E-state index contributed by atoms with van der Waals surface area (Å²) in [5.41, 5.74) is 0. The molecular formula is C6H12I2N2. The summed E-state index contributed by atoms with van der Waals surface area (Å²) in [7, 11) is 0. The first kappa shape index (κ1) is 9.47. The van der Waals surface area contributed by atoms with Gasteiger partial charge in [0.25, 0.3) is 0 Å². The minimum absolute atomic E-state index is 0.702. The third-order valence-corrected chi connectivity index (χ3v) is 4.52. The van der Waals surface area contributed by atoms with Crippen LogP contribution in [0.15, 0.2) is 0 Å². The minimum Gasteiger partial charge on any atom is -0.242 e. The van der Waals surface area contributed by atoms with Crippen LogP contribution in [0.2, 0.25) is 0 Å². The maximum absolute atomic E-state index is 2.41. The van der Waals surface area contributed by atoms with Crippen molar-refractivity contribution < 1.29 is 0 Å². The van der Waals surface area contributed by atoms with Crippen LogP contribution in [0.4, 0.5) is 0 Å². The first-order chi connectivity index (χ1) is 4.61. The van der Waals surface area contributed by atoms with Crippen LogP contribution < -0.4 is 0 Å². The van der Waals surface area contributed by atoms with Gasteiger partial charge >= 0.3 is 0 Å². The van der Waals surface area contributed by atoms with Crippen LogP contribution in [0.3, 0.4) is 0 Å². The second-order valence-electron chi connectivity index (χ2n) is 2.86. The van der Waals surface area contributed by atoms with Crippen LogP contribution in [-0.4, -0.2) is 31.4 Å². The maximum atomic E-state index is 2.41. The van der Waals surface area contributed by atoms with Gasteiger partial charge in [-0.3, -0.25) is 0 Å². The lowest BCUT2D eigenvalue weighted by molar-refractivity contribution is 0.218. The third-order valence-electron chi connectivity index (χ3n) is 1.83. The van der Waals surface area contributed by atoms with Crippen LogP contribution in [-0.2, 0) is 0 Å². The van der Waals surface area contributed by atoms with E-state index in [1.54, 1.807) is 0 Å². The second-order valence-corrected chi connectivity index (χ2v) is 5.34. The molecule has 4 heteroatoms. The number of piperazine rings is 1. The lowest BCUT2D eigenvalue weighted by Gasteiger charge is -2.37. The molecule has 0 aromatic rings. The van der Waals surface area contributed by atoms with Gasteiger partial charge in [0, 0.05) is 70.9 Å². The zero-order chi connectivity index (χ0) is 7.72. The van der Waals surface area contributed by atoms with Gasteiger partial charge in [-0.15, -0.1) is 0 Å². The van der Waals surface area contributed by atoms with Crippen molar-refractivity contribution in [2.24, 2.45) is 0 Å². The molecule has 1 aliphatic rings. The second kappa shape index (κ2) is 3.86. The molecular weight excluding hydrogens is 354 g/mol. The smallest absolute Gasteiger partial charge is 0.0302 e. The Bertz CT molecular complexity index is 94.3. The van der Waals surface area contributed by atoms with Crippen LogP contribution in [0.5, 0.6) is 0 Å². The zero-order valence-corrected chi connectivity index (χ0v) is 10.5. The van der Waals surface area contributed by atoms with Crippen molar-refractivity contribution >= 4 is 45.7 Å². The van der Waals surface area contributed by atoms with Crippen molar-refractivity contribution in [3.05, 3.63) is 0 Å². The largest absolute Gasteiger partial charge is 0.242 e. The molecule has 1 saturated heterocycles. The molecule has 0 unspecified atom stereocenters. The Balaban J connectivity index is 2.46. The summed E-state index contributed by atoms with van der Waals surface area (Å²) in [6.07, 6.45) is 0. The molecule has 0 aromatic heterocycles. The van der Waals surface area contributed by atoms with Crippen molar-refractivity contribution in [3.63, 3.8) is 0 Å². The summed E-state index contributed by atoms with van der Waals surface area (Å²) in [6.45, 7) is 6.91. The topological polar surface area (TPSA) is 6.48 Å². The Labute approximate surface area is 90.3 Å². The fraction of sp³-hybridized carbons (Fsp3) is 1.00. The molecule has 2 atom stereocenters. The molecule has 1 fully saturated rings. The highest BCUT2D eigenvalue weighted by Gasteiger charge is 2.25. The van der Waals surface area contributed by atoms with E-state index in [4.69, 9.17) is 0 Å². The molecule has 0 saturated carbocycles. The summed E-state index contributed by atoms with van der Waals surface area (Å²) >= 11 is 4.82. The van der Waals surface area contributed by atoms with Crippen molar-refractivity contribution in [2.45, 2.75) is 25.9 Å². The molecule has 0 amide bonds. The van der Waals surface area contributed by atoms with Crippen molar-refractivity contribution in [3.8, 4) is 0 Å². The van der Waals surface area contributed by atoms with E-state index in [9.17, 15) is 0 Å². The Morgan fingerprint density at radius 2 is 1.30 bits per heavy atom. The molecule has 1 rings (SSSR count). The highest BCUT2D eigenvalue weighted by atomic mass is 127. The Morgan fingerprint density at radius 3 is 1.60 bits per heavy atom. The van der Waals surface area contributed by atoms with Crippen LogP contribution in [0.1, 0.15) is 13.8 Å². The molecule has 0 aromatic carbocycles. The number of hydrogen-bond acceptors (Lipinski definition) is 2. The summed E-state index contributed by atoms with van der Waals surface area (Å²) in [4.78, 5) is 0. The molecule has 0 spiro atoms. The summed E-state index contributed by atoms with van der Waals surface area (Å²) in [5, 5.41) is 0. The van der Waals surface area contributed by atoms with Gasteiger partial charge in [-0.2, -0.15) is 0 Å². The van der Waals surface area contributed by atoms with Gasteiger partial charge in [0.15, 0.2) is 0 Å². The maximum Gasteiger partial charge on any atom is 0.0302 e. The Morgan fingerprint density at radius 1 is 1.00 bits per heavy atom. The zero-order valence-electron chi connectivity index (χ0n) is 6.22. The number of rotatable bonds is 0. The monoisotopic (exact) mass is 366 g/mol. The normalized spacial score (nSPS) is 38.4. The third kappa shape index (κ3) is 2.18. The van der Waals surface area contributed by atoms with E-state index in [-0.39, 0.29) is 0 Å². The molecule has 60 valence electrons. The van der Waals surface area contributed by atoms with Crippen molar-refractivity contribution in [1.29, 1.82) is 0 Å². The highest BCUT2D eigenvalue weighted by molar-refractivity contribution is 14.1. The van der Waals surface area contributed by atoms with Gasteiger partial charge in [0.2, 0.25) is 0 Å². The van der Waals surface area contributed by atoms with Crippen LogP contribution in [0, 0.1) is 0 Å². The Hall–Kier alpha value is 1.38. The van der Waals surface area contributed by atoms with Crippen molar-refractivity contribution in [2.75, 3.05) is 13.1 Å². The first-order valence-electron chi connectivity index (χ1n) is 3.46. The summed E-state index contributed by atoms with van der Waals surface area (Å²) < 4.78 is 4.77. The lowest BCUT2D eigenvalue weighted by Crippen LogP contribution is -2.48. The van der Waals surface area contributed by atoms with E-state index >= 15 is 0 Å². The fourth-order valence-electron chi connectivity index (χ4n) is 1.04. The standard InChI is InChI=1S/C6H12I2N2/c1-5-3-10(8)6(2)4-9(5)7/h5-6H,3-4H2,1-2H3/t5-,6-/m1/s1. The van der Waals surface area contributed by atoms with Crippen LogP contribution in [0.25, 0.3) is 0 Å². The highest BCUT2D eigenvalue weighted by Crippen LogP contribution is 2.20. The van der Waals surface area contributed by atoms with Crippen molar-refractivity contribution in [1.82, 2.24) is 6.23 Å². The molecule has 1 heterocycles. The van der Waals surface area contributed by atoms with Gasteiger partial charge in [-0.1, -0.05) is 0 Å². The van der Waals surface area contributed by atoms with E-state index in [1.165, 1.54) is 13.1 Å². The van der Waals surface area contributed by atoms with E-state index in [0.717, 1.165) is 0 Å². The quantitative estimate of drug-likeness (QED) is 0.479. The number of halogens is 2. The lowest BCUT2D eigenvalue weighted by atomic mass is 10.2. The predicted octanol–water partition coefficient (Wildman–Crippen LogP) is 2.08. The molecule has 0 aliphatic carbocycles. The number of nitrogens with zero attached hydrogens (tertiary/aromatic N) is 2. The van der Waals surface area contributed by atoms with Gasteiger partial charge in [-0.25, -0.2) is 6.23 Å². The molecule has 0 bridgehead atoms. The Kier molecular flexibility index (Phi) is 3.66. The van der Waals surface area contributed by atoms with Gasteiger partial charge in [0.1, 0.15) is 0 Å². The first-order valence-corrected chi connectivity index (χ1v) is 5.39. The predicted molar refractivity (Wildman–Crippen MR) is 60.4 cm³/mol. The van der Waals surface area contributed by atoms with Gasteiger partial charge < -0.3 is 0 Å². The minimum atomic E-state index is 0.702. The molecule has 0 N–H and O–H groups in total. The number of hydrogen-bond donors (Lipinski definition) is 0. The average Bonchev–Trinajstić information content (AvgIpc) is 1.84. The van der Waals surface area contributed by atoms with E-state index in [1.807, 2.05) is 0 Å². The fourth-order valence-corrected chi connectivity index (χ4v) is 2.53. The molecule has 0 radical (unpaired) electrons. The van der Waals surface area contributed by atoms with Gasteiger partial charge in [0.05, 0.1) is 0 Å². The molecule has 10 heavy (non-hydrogen) atoms. The van der Waals surface area contributed by atoms with Crippen LogP contribution >= 0.6 is 45.7 Å². The average molecular weight is 366 g/mol.